The number of hydrogen-bond acceptors (Lipinski definition) is 3. The molecule has 1 aromatic heterocycles. The summed E-state index contributed by atoms with van der Waals surface area (Å²) < 4.78 is 0. The van der Waals surface area contributed by atoms with Gasteiger partial charge in [0.05, 0.1) is 11.4 Å². The fourth-order valence-corrected chi connectivity index (χ4v) is 1.81. The molecule has 3 nitrogen and oxygen atoms in total. The van der Waals surface area contributed by atoms with Crippen molar-refractivity contribution in [3.63, 3.8) is 0 Å². The van der Waals surface area contributed by atoms with Crippen molar-refractivity contribution in [1.82, 2.24) is 9.97 Å². The lowest BCUT2D eigenvalue weighted by molar-refractivity contribution is 0.594. The van der Waals surface area contributed by atoms with Gasteiger partial charge < -0.3 is 5.73 Å². The van der Waals surface area contributed by atoms with Crippen LogP contribution < -0.4 is 5.73 Å². The Morgan fingerprint density at radius 3 is 2.31 bits per heavy atom. The Morgan fingerprint density at radius 1 is 1.31 bits per heavy atom. The van der Waals surface area contributed by atoms with Gasteiger partial charge in [-0.1, -0.05) is 13.8 Å². The number of aryl methyl sites for hydroxylation is 1. The molecule has 1 aliphatic rings. The lowest BCUT2D eigenvalue weighted by Gasteiger charge is -2.00. The predicted octanol–water partition coefficient (Wildman–Crippen LogP) is 1.24. The molecule has 0 bridgehead atoms. The standard InChI is InChI=1S/C10H15N3/c1-6-4-13-7(5-12-6)8-9(11)10(8,2)3/h4-5,8-9H,11H2,1-3H3. The summed E-state index contributed by atoms with van der Waals surface area (Å²) in [6.07, 6.45) is 3.64. The second-order valence-corrected chi connectivity index (χ2v) is 4.41. The molecular formula is C10H15N3. The minimum Gasteiger partial charge on any atom is -0.327 e. The second-order valence-electron chi connectivity index (χ2n) is 4.41. The van der Waals surface area contributed by atoms with E-state index in [4.69, 9.17) is 5.73 Å². The Hall–Kier alpha value is -0.960. The van der Waals surface area contributed by atoms with Crippen molar-refractivity contribution in [3.05, 3.63) is 23.8 Å². The molecule has 2 N–H and O–H groups in total. The van der Waals surface area contributed by atoms with Crippen molar-refractivity contribution in [1.29, 1.82) is 0 Å². The van der Waals surface area contributed by atoms with Gasteiger partial charge in [-0.2, -0.15) is 0 Å². The highest BCUT2D eigenvalue weighted by Crippen LogP contribution is 2.56. The van der Waals surface area contributed by atoms with Crippen LogP contribution in [0.2, 0.25) is 0 Å². The summed E-state index contributed by atoms with van der Waals surface area (Å²) in [6, 6.07) is 0.240. The van der Waals surface area contributed by atoms with E-state index in [0.29, 0.717) is 5.92 Å². The SMILES string of the molecule is Cc1cnc(C2C(N)C2(C)C)cn1. The van der Waals surface area contributed by atoms with Crippen LogP contribution >= 0.6 is 0 Å². The first kappa shape index (κ1) is 8.63. The van der Waals surface area contributed by atoms with Gasteiger partial charge in [0.2, 0.25) is 0 Å². The largest absolute Gasteiger partial charge is 0.327 e. The molecule has 13 heavy (non-hydrogen) atoms. The van der Waals surface area contributed by atoms with E-state index in [1.807, 2.05) is 13.1 Å². The maximum absolute atomic E-state index is 5.95. The van der Waals surface area contributed by atoms with E-state index in [9.17, 15) is 0 Å². The Morgan fingerprint density at radius 2 is 1.92 bits per heavy atom. The van der Waals surface area contributed by atoms with Gasteiger partial charge in [-0.15, -0.1) is 0 Å². The molecule has 3 heteroatoms. The zero-order chi connectivity index (χ0) is 9.64. The first-order chi connectivity index (χ1) is 6.03. The minimum absolute atomic E-state index is 0.198. The molecule has 0 amide bonds. The lowest BCUT2D eigenvalue weighted by atomic mass is 10.1. The van der Waals surface area contributed by atoms with Gasteiger partial charge in [0.1, 0.15) is 0 Å². The molecule has 1 fully saturated rings. The van der Waals surface area contributed by atoms with E-state index in [-0.39, 0.29) is 11.5 Å². The normalized spacial score (nSPS) is 30.2. The smallest absolute Gasteiger partial charge is 0.0639 e. The molecule has 70 valence electrons. The van der Waals surface area contributed by atoms with E-state index < -0.39 is 0 Å². The molecule has 2 rings (SSSR count). The van der Waals surface area contributed by atoms with Gasteiger partial charge >= 0.3 is 0 Å². The first-order valence-corrected chi connectivity index (χ1v) is 4.57. The average molecular weight is 177 g/mol. The second kappa shape index (κ2) is 2.51. The number of nitrogens with zero attached hydrogens (tertiary/aromatic N) is 2. The van der Waals surface area contributed by atoms with Gasteiger partial charge in [-0.05, 0) is 12.3 Å². The summed E-state index contributed by atoms with van der Waals surface area (Å²) in [6.45, 7) is 6.28. The van der Waals surface area contributed by atoms with E-state index in [2.05, 4.69) is 23.8 Å². The molecule has 1 saturated carbocycles. The van der Waals surface area contributed by atoms with Crippen LogP contribution in [0.25, 0.3) is 0 Å². The van der Waals surface area contributed by atoms with Crippen LogP contribution in [0, 0.1) is 12.3 Å². The fraction of sp³-hybridized carbons (Fsp3) is 0.600. The zero-order valence-electron chi connectivity index (χ0n) is 8.28. The fourth-order valence-electron chi connectivity index (χ4n) is 1.81. The molecule has 2 unspecified atom stereocenters. The quantitative estimate of drug-likeness (QED) is 0.702. The number of nitrogens with two attached hydrogens (primary N) is 1. The third-order valence-electron chi connectivity index (χ3n) is 3.03. The predicted molar refractivity (Wildman–Crippen MR) is 51.3 cm³/mol. The van der Waals surface area contributed by atoms with Crippen molar-refractivity contribution in [2.24, 2.45) is 11.1 Å². The molecule has 1 aliphatic carbocycles. The molecule has 0 spiro atoms. The van der Waals surface area contributed by atoms with Crippen LogP contribution in [0.15, 0.2) is 12.4 Å². The summed E-state index contributed by atoms with van der Waals surface area (Å²) in [7, 11) is 0. The zero-order valence-corrected chi connectivity index (χ0v) is 8.28. The van der Waals surface area contributed by atoms with Crippen LogP contribution in [0.5, 0.6) is 0 Å². The molecular weight excluding hydrogens is 162 g/mol. The van der Waals surface area contributed by atoms with Crippen molar-refractivity contribution in [2.45, 2.75) is 32.7 Å². The molecule has 0 aliphatic heterocycles. The number of rotatable bonds is 1. The highest BCUT2D eigenvalue weighted by atomic mass is 14.9. The van der Waals surface area contributed by atoms with E-state index in [1.54, 1.807) is 6.20 Å². The third-order valence-corrected chi connectivity index (χ3v) is 3.03. The molecule has 1 heterocycles. The Labute approximate surface area is 78.4 Å². The summed E-state index contributed by atoms with van der Waals surface area (Å²) in [4.78, 5) is 8.57. The summed E-state index contributed by atoms with van der Waals surface area (Å²) in [5, 5.41) is 0. The third kappa shape index (κ3) is 1.23. The van der Waals surface area contributed by atoms with Gasteiger partial charge in [-0.25, -0.2) is 0 Å². The van der Waals surface area contributed by atoms with Crippen molar-refractivity contribution < 1.29 is 0 Å². The lowest BCUT2D eigenvalue weighted by Crippen LogP contribution is -2.06. The number of hydrogen-bond donors (Lipinski definition) is 1. The molecule has 0 radical (unpaired) electrons. The first-order valence-electron chi connectivity index (χ1n) is 4.57. The Bertz CT molecular complexity index is 315. The van der Waals surface area contributed by atoms with Crippen LogP contribution in [-0.4, -0.2) is 16.0 Å². The molecule has 1 aromatic rings. The molecule has 0 saturated heterocycles. The van der Waals surface area contributed by atoms with Gasteiger partial charge in [0.25, 0.3) is 0 Å². The monoisotopic (exact) mass is 177 g/mol. The molecule has 2 atom stereocenters. The summed E-state index contributed by atoms with van der Waals surface area (Å²) >= 11 is 0. The summed E-state index contributed by atoms with van der Waals surface area (Å²) in [5.41, 5.74) is 8.13. The van der Waals surface area contributed by atoms with E-state index in [1.165, 1.54) is 0 Å². The minimum atomic E-state index is 0.198. The average Bonchev–Trinajstić information content (AvgIpc) is 2.55. The van der Waals surface area contributed by atoms with Crippen LogP contribution in [0.1, 0.15) is 31.2 Å². The molecule has 0 aromatic carbocycles. The van der Waals surface area contributed by atoms with Gasteiger partial charge in [0, 0.05) is 24.4 Å². The van der Waals surface area contributed by atoms with Crippen LogP contribution in [-0.2, 0) is 0 Å². The Balaban J connectivity index is 2.25. The van der Waals surface area contributed by atoms with E-state index >= 15 is 0 Å². The van der Waals surface area contributed by atoms with Crippen LogP contribution in [0.3, 0.4) is 0 Å². The summed E-state index contributed by atoms with van der Waals surface area (Å²) in [5.74, 6) is 0.389. The maximum atomic E-state index is 5.95. The Kier molecular flexibility index (Phi) is 1.67. The maximum Gasteiger partial charge on any atom is 0.0639 e. The highest BCUT2D eigenvalue weighted by molar-refractivity contribution is 5.27. The topological polar surface area (TPSA) is 51.8 Å². The van der Waals surface area contributed by atoms with Gasteiger partial charge in [-0.3, -0.25) is 9.97 Å². The van der Waals surface area contributed by atoms with E-state index in [0.717, 1.165) is 11.4 Å². The number of aromatic nitrogens is 2. The van der Waals surface area contributed by atoms with Crippen molar-refractivity contribution >= 4 is 0 Å². The highest BCUT2D eigenvalue weighted by Gasteiger charge is 2.57. The van der Waals surface area contributed by atoms with Crippen molar-refractivity contribution in [2.75, 3.05) is 0 Å². The van der Waals surface area contributed by atoms with Crippen molar-refractivity contribution in [3.8, 4) is 0 Å². The van der Waals surface area contributed by atoms with Crippen LogP contribution in [0.4, 0.5) is 0 Å². The van der Waals surface area contributed by atoms with Gasteiger partial charge in [0.15, 0.2) is 0 Å².